The molecule has 0 amide bonds. The van der Waals surface area contributed by atoms with Gasteiger partial charge in [0, 0.05) is 17.3 Å². The van der Waals surface area contributed by atoms with Crippen molar-refractivity contribution in [3.8, 4) is 11.4 Å². The van der Waals surface area contributed by atoms with Crippen molar-refractivity contribution < 1.29 is 4.74 Å². The minimum Gasteiger partial charge on any atom is -0.494 e. The van der Waals surface area contributed by atoms with Crippen LogP contribution in [0.1, 0.15) is 43.4 Å². The third-order valence-corrected chi connectivity index (χ3v) is 5.79. The van der Waals surface area contributed by atoms with Gasteiger partial charge in [-0.1, -0.05) is 37.3 Å². The molecule has 0 bridgehead atoms. The quantitative estimate of drug-likeness (QED) is 0.273. The fourth-order valence-corrected chi connectivity index (χ4v) is 4.04. The molecule has 4 rings (SSSR count). The SMILES string of the molecule is CCOc1ccc(-n2ccc3cc(CCCCc4ccc(CC)cc4)ccc32)cc1. The van der Waals surface area contributed by atoms with E-state index in [0.717, 1.165) is 24.3 Å². The molecule has 0 aliphatic rings. The van der Waals surface area contributed by atoms with Gasteiger partial charge in [0.15, 0.2) is 0 Å². The van der Waals surface area contributed by atoms with E-state index in [2.05, 4.69) is 78.4 Å². The standard InChI is InChI=1S/C28H31NO/c1-3-22-9-11-23(12-10-22)7-5-6-8-24-13-18-28-25(21-24)19-20-29(28)26-14-16-27(17-15-26)30-4-2/h9-21H,3-8H2,1-2H3. The van der Waals surface area contributed by atoms with Gasteiger partial charge in [0.25, 0.3) is 0 Å². The number of benzene rings is 3. The molecular weight excluding hydrogens is 366 g/mol. The van der Waals surface area contributed by atoms with Gasteiger partial charge in [0.1, 0.15) is 5.75 Å². The van der Waals surface area contributed by atoms with Crippen LogP contribution in [0.2, 0.25) is 0 Å². The smallest absolute Gasteiger partial charge is 0.119 e. The maximum Gasteiger partial charge on any atom is 0.119 e. The predicted molar refractivity (Wildman–Crippen MR) is 127 cm³/mol. The van der Waals surface area contributed by atoms with Gasteiger partial charge in [-0.3, -0.25) is 0 Å². The number of aryl methyl sites for hydroxylation is 3. The molecule has 154 valence electrons. The fraction of sp³-hybridized carbons (Fsp3) is 0.286. The van der Waals surface area contributed by atoms with Crippen molar-refractivity contribution in [2.45, 2.75) is 46.0 Å². The lowest BCUT2D eigenvalue weighted by Gasteiger charge is -2.08. The summed E-state index contributed by atoms with van der Waals surface area (Å²) >= 11 is 0. The van der Waals surface area contributed by atoms with E-state index >= 15 is 0 Å². The second-order valence-electron chi connectivity index (χ2n) is 7.88. The van der Waals surface area contributed by atoms with Gasteiger partial charge < -0.3 is 9.30 Å². The summed E-state index contributed by atoms with van der Waals surface area (Å²) in [6.07, 6.45) is 8.03. The van der Waals surface area contributed by atoms with Crippen LogP contribution < -0.4 is 4.74 Å². The van der Waals surface area contributed by atoms with Crippen LogP contribution in [-0.4, -0.2) is 11.2 Å². The number of unbranched alkanes of at least 4 members (excludes halogenated alkanes) is 1. The summed E-state index contributed by atoms with van der Waals surface area (Å²) in [5.41, 5.74) is 6.71. The Kier molecular flexibility index (Phi) is 6.53. The van der Waals surface area contributed by atoms with E-state index in [1.165, 1.54) is 46.9 Å². The topological polar surface area (TPSA) is 14.2 Å². The zero-order chi connectivity index (χ0) is 20.8. The lowest BCUT2D eigenvalue weighted by atomic mass is 10.0. The zero-order valence-corrected chi connectivity index (χ0v) is 18.1. The summed E-state index contributed by atoms with van der Waals surface area (Å²) in [5.74, 6) is 0.918. The molecule has 2 heteroatoms. The molecule has 0 fully saturated rings. The normalized spacial score (nSPS) is 11.1. The molecule has 0 unspecified atom stereocenters. The fourth-order valence-electron chi connectivity index (χ4n) is 4.04. The van der Waals surface area contributed by atoms with Crippen LogP contribution in [0.3, 0.4) is 0 Å². The summed E-state index contributed by atoms with van der Waals surface area (Å²) in [7, 11) is 0. The molecule has 0 radical (unpaired) electrons. The monoisotopic (exact) mass is 397 g/mol. The minimum atomic E-state index is 0.694. The molecule has 0 saturated heterocycles. The number of ether oxygens (including phenoxy) is 1. The van der Waals surface area contributed by atoms with Gasteiger partial charge in [-0.05, 0) is 98.2 Å². The average Bonchev–Trinajstić information content (AvgIpc) is 3.21. The molecule has 1 aromatic heterocycles. The first-order valence-corrected chi connectivity index (χ1v) is 11.2. The molecule has 1 heterocycles. The molecule has 0 atom stereocenters. The molecule has 0 aliphatic heterocycles. The minimum absolute atomic E-state index is 0.694. The van der Waals surface area contributed by atoms with Crippen molar-refractivity contribution in [3.63, 3.8) is 0 Å². The molecular formula is C28H31NO. The largest absolute Gasteiger partial charge is 0.494 e. The van der Waals surface area contributed by atoms with E-state index in [4.69, 9.17) is 4.74 Å². The first-order valence-electron chi connectivity index (χ1n) is 11.2. The van der Waals surface area contributed by atoms with Crippen molar-refractivity contribution in [1.82, 2.24) is 4.57 Å². The first-order chi connectivity index (χ1) is 14.8. The highest BCUT2D eigenvalue weighted by molar-refractivity contribution is 5.82. The van der Waals surface area contributed by atoms with Crippen molar-refractivity contribution in [3.05, 3.63) is 95.7 Å². The Balaban J connectivity index is 1.36. The Labute approximate surface area is 180 Å². The Morgan fingerprint density at radius 3 is 2.07 bits per heavy atom. The zero-order valence-electron chi connectivity index (χ0n) is 18.1. The number of nitrogens with zero attached hydrogens (tertiary/aromatic N) is 1. The van der Waals surface area contributed by atoms with Crippen LogP contribution in [0, 0.1) is 0 Å². The van der Waals surface area contributed by atoms with Gasteiger partial charge in [-0.25, -0.2) is 0 Å². The van der Waals surface area contributed by atoms with Crippen molar-refractivity contribution in [2.24, 2.45) is 0 Å². The van der Waals surface area contributed by atoms with Crippen LogP contribution in [-0.2, 0) is 19.3 Å². The summed E-state index contributed by atoms with van der Waals surface area (Å²) in [6.45, 7) is 4.91. The van der Waals surface area contributed by atoms with Crippen LogP contribution >= 0.6 is 0 Å². The van der Waals surface area contributed by atoms with Crippen molar-refractivity contribution in [2.75, 3.05) is 6.61 Å². The van der Waals surface area contributed by atoms with E-state index in [9.17, 15) is 0 Å². The second kappa shape index (κ2) is 9.67. The van der Waals surface area contributed by atoms with Crippen molar-refractivity contribution in [1.29, 1.82) is 0 Å². The Morgan fingerprint density at radius 2 is 1.37 bits per heavy atom. The number of aromatic nitrogens is 1. The molecule has 0 saturated carbocycles. The van der Waals surface area contributed by atoms with Crippen LogP contribution in [0.4, 0.5) is 0 Å². The molecule has 30 heavy (non-hydrogen) atoms. The number of fused-ring (bicyclic) bond motifs is 1. The second-order valence-corrected chi connectivity index (χ2v) is 7.88. The number of rotatable bonds is 9. The lowest BCUT2D eigenvalue weighted by Crippen LogP contribution is -1.94. The predicted octanol–water partition coefficient (Wildman–Crippen LogP) is 7.16. The van der Waals surface area contributed by atoms with Crippen LogP contribution in [0.15, 0.2) is 79.0 Å². The number of hydrogen-bond donors (Lipinski definition) is 0. The lowest BCUT2D eigenvalue weighted by molar-refractivity contribution is 0.340. The summed E-state index contributed by atoms with van der Waals surface area (Å²) in [4.78, 5) is 0. The van der Waals surface area contributed by atoms with Gasteiger partial charge in [0.2, 0.25) is 0 Å². The summed E-state index contributed by atoms with van der Waals surface area (Å²) in [6, 6.07) is 26.5. The van der Waals surface area contributed by atoms with Gasteiger partial charge in [-0.15, -0.1) is 0 Å². The Bertz CT molecular complexity index is 1070. The molecule has 4 aromatic rings. The van der Waals surface area contributed by atoms with Gasteiger partial charge in [-0.2, -0.15) is 0 Å². The van der Waals surface area contributed by atoms with E-state index in [0.29, 0.717) is 6.61 Å². The maximum atomic E-state index is 5.56. The van der Waals surface area contributed by atoms with Crippen LogP contribution in [0.5, 0.6) is 5.75 Å². The highest BCUT2D eigenvalue weighted by atomic mass is 16.5. The van der Waals surface area contributed by atoms with E-state index in [1.807, 2.05) is 19.1 Å². The molecule has 0 spiro atoms. The third kappa shape index (κ3) is 4.76. The molecule has 0 N–H and O–H groups in total. The Morgan fingerprint density at radius 1 is 0.700 bits per heavy atom. The van der Waals surface area contributed by atoms with Gasteiger partial charge >= 0.3 is 0 Å². The van der Waals surface area contributed by atoms with E-state index in [1.54, 1.807) is 0 Å². The maximum absolute atomic E-state index is 5.56. The molecule has 0 aliphatic carbocycles. The van der Waals surface area contributed by atoms with Crippen molar-refractivity contribution >= 4 is 10.9 Å². The average molecular weight is 398 g/mol. The van der Waals surface area contributed by atoms with E-state index < -0.39 is 0 Å². The van der Waals surface area contributed by atoms with E-state index in [-0.39, 0.29) is 0 Å². The third-order valence-electron chi connectivity index (χ3n) is 5.79. The number of hydrogen-bond acceptors (Lipinski definition) is 1. The Hall–Kier alpha value is -3.00. The summed E-state index contributed by atoms with van der Waals surface area (Å²) in [5, 5.41) is 1.30. The van der Waals surface area contributed by atoms with Gasteiger partial charge in [0.05, 0.1) is 12.1 Å². The highest BCUT2D eigenvalue weighted by Crippen LogP contribution is 2.24. The van der Waals surface area contributed by atoms with Crippen LogP contribution in [0.25, 0.3) is 16.6 Å². The first kappa shape index (κ1) is 20.3. The highest BCUT2D eigenvalue weighted by Gasteiger charge is 2.05. The summed E-state index contributed by atoms with van der Waals surface area (Å²) < 4.78 is 7.80. The molecule has 3 aromatic carbocycles. The molecule has 2 nitrogen and oxygen atoms in total.